The van der Waals surface area contributed by atoms with Crippen molar-refractivity contribution in [3.8, 4) is 0 Å². The zero-order valence-electron chi connectivity index (χ0n) is 14.3. The Kier molecular flexibility index (Phi) is 5.83. The maximum atomic E-state index is 12.9. The zero-order valence-corrected chi connectivity index (χ0v) is 15.1. The van der Waals surface area contributed by atoms with E-state index in [1.165, 1.54) is 11.3 Å². The Morgan fingerprint density at radius 1 is 1.20 bits per heavy atom. The summed E-state index contributed by atoms with van der Waals surface area (Å²) in [6.45, 7) is 2.52. The summed E-state index contributed by atoms with van der Waals surface area (Å²) in [5, 5.41) is 9.74. The predicted octanol–water partition coefficient (Wildman–Crippen LogP) is 3.07. The van der Waals surface area contributed by atoms with E-state index in [1.807, 2.05) is 29.5 Å². The fraction of sp³-hybridized carbons (Fsp3) is 0.368. The van der Waals surface area contributed by atoms with Crippen LogP contribution in [0.5, 0.6) is 0 Å². The van der Waals surface area contributed by atoms with Gasteiger partial charge in [0.1, 0.15) is 0 Å². The molecule has 2 aromatic rings. The van der Waals surface area contributed by atoms with Crippen molar-refractivity contribution in [1.29, 1.82) is 0 Å². The topological polar surface area (TPSA) is 61.4 Å². The first kappa shape index (κ1) is 17.6. The lowest BCUT2D eigenvalue weighted by Crippen LogP contribution is -2.40. The summed E-state index contributed by atoms with van der Waals surface area (Å²) in [7, 11) is 1.96. The van der Waals surface area contributed by atoms with E-state index in [-0.39, 0.29) is 11.8 Å². The molecule has 6 heteroatoms. The van der Waals surface area contributed by atoms with Crippen molar-refractivity contribution in [3.05, 3.63) is 52.2 Å². The normalized spacial score (nSPS) is 15.2. The van der Waals surface area contributed by atoms with Crippen LogP contribution in [-0.4, -0.2) is 43.4 Å². The summed E-state index contributed by atoms with van der Waals surface area (Å²) < 4.78 is 0. The molecule has 1 aliphatic rings. The Bertz CT molecular complexity index is 722. The predicted molar refractivity (Wildman–Crippen MR) is 101 cm³/mol. The van der Waals surface area contributed by atoms with E-state index in [0.29, 0.717) is 22.7 Å². The summed E-state index contributed by atoms with van der Waals surface area (Å²) in [6, 6.07) is 9.01. The molecule has 2 heterocycles. The molecule has 1 aliphatic heterocycles. The highest BCUT2D eigenvalue weighted by molar-refractivity contribution is 7.08. The second kappa shape index (κ2) is 8.27. The van der Waals surface area contributed by atoms with Gasteiger partial charge in [0.25, 0.3) is 11.8 Å². The number of thiophene rings is 1. The lowest BCUT2D eigenvalue weighted by molar-refractivity contribution is 0.0692. The van der Waals surface area contributed by atoms with Gasteiger partial charge in [0, 0.05) is 18.5 Å². The van der Waals surface area contributed by atoms with Gasteiger partial charge in [-0.15, -0.1) is 0 Å². The van der Waals surface area contributed by atoms with Crippen LogP contribution < -0.4 is 10.6 Å². The van der Waals surface area contributed by atoms with Crippen LogP contribution in [0.1, 0.15) is 33.6 Å². The highest BCUT2D eigenvalue weighted by Gasteiger charge is 2.25. The molecule has 2 N–H and O–H groups in total. The molecule has 5 nitrogen and oxygen atoms in total. The molecule has 0 bridgehead atoms. The number of anilines is 1. The summed E-state index contributed by atoms with van der Waals surface area (Å²) in [5.74, 6) is 0.431. The third-order valence-electron chi connectivity index (χ3n) is 4.58. The summed E-state index contributed by atoms with van der Waals surface area (Å²) in [4.78, 5) is 27.1. The molecule has 0 saturated carbocycles. The number of carbonyl (C=O) groups excluding carboxylic acids is 2. The number of nitrogens with one attached hydrogen (secondary N) is 2. The summed E-state index contributed by atoms with van der Waals surface area (Å²) in [5.41, 5.74) is 1.74. The number of rotatable bonds is 5. The molecule has 132 valence electrons. The van der Waals surface area contributed by atoms with Crippen LogP contribution >= 0.6 is 11.3 Å². The van der Waals surface area contributed by atoms with Gasteiger partial charge < -0.3 is 15.5 Å². The zero-order chi connectivity index (χ0) is 17.6. The summed E-state index contributed by atoms with van der Waals surface area (Å²) >= 11 is 1.47. The van der Waals surface area contributed by atoms with Crippen LogP contribution in [0.3, 0.4) is 0 Å². The van der Waals surface area contributed by atoms with Gasteiger partial charge in [0.2, 0.25) is 0 Å². The van der Waals surface area contributed by atoms with Crippen LogP contribution in [0.2, 0.25) is 0 Å². The fourth-order valence-corrected chi connectivity index (χ4v) is 3.80. The minimum atomic E-state index is -0.186. The van der Waals surface area contributed by atoms with Crippen molar-refractivity contribution in [2.24, 2.45) is 5.92 Å². The number of likely N-dealkylation sites (tertiary alicyclic amines) is 1. The van der Waals surface area contributed by atoms with E-state index in [2.05, 4.69) is 10.6 Å². The lowest BCUT2D eigenvalue weighted by atomic mass is 9.96. The van der Waals surface area contributed by atoms with Gasteiger partial charge >= 0.3 is 0 Å². The highest BCUT2D eigenvalue weighted by atomic mass is 32.1. The second-order valence-electron chi connectivity index (χ2n) is 6.30. The van der Waals surface area contributed by atoms with Crippen molar-refractivity contribution in [3.63, 3.8) is 0 Å². The molecule has 1 fully saturated rings. The van der Waals surface area contributed by atoms with Crippen molar-refractivity contribution in [2.45, 2.75) is 12.8 Å². The smallest absolute Gasteiger partial charge is 0.256 e. The molecular weight excluding hydrogens is 334 g/mol. The van der Waals surface area contributed by atoms with Gasteiger partial charge in [-0.2, -0.15) is 11.3 Å². The lowest BCUT2D eigenvalue weighted by Gasteiger charge is -2.32. The molecule has 0 spiro atoms. The van der Waals surface area contributed by atoms with Crippen LogP contribution in [-0.2, 0) is 0 Å². The van der Waals surface area contributed by atoms with Gasteiger partial charge in [0.05, 0.1) is 16.8 Å². The largest absolute Gasteiger partial charge is 0.339 e. The summed E-state index contributed by atoms with van der Waals surface area (Å²) in [6.07, 6.45) is 2.02. The van der Waals surface area contributed by atoms with Crippen molar-refractivity contribution in [2.75, 3.05) is 32.0 Å². The average Bonchev–Trinajstić information content (AvgIpc) is 3.17. The number of carbonyl (C=O) groups is 2. The maximum absolute atomic E-state index is 12.9. The van der Waals surface area contributed by atoms with Crippen LogP contribution in [0.25, 0.3) is 0 Å². The van der Waals surface area contributed by atoms with Crippen molar-refractivity contribution in [1.82, 2.24) is 10.2 Å². The Balaban J connectivity index is 1.70. The van der Waals surface area contributed by atoms with E-state index in [1.54, 1.807) is 23.6 Å². The molecular formula is C19H23N3O2S. The number of para-hydroxylation sites is 1. The Hall–Kier alpha value is -2.18. The van der Waals surface area contributed by atoms with Gasteiger partial charge in [0.15, 0.2) is 0 Å². The Morgan fingerprint density at radius 3 is 2.64 bits per heavy atom. The van der Waals surface area contributed by atoms with Gasteiger partial charge in [-0.25, -0.2) is 0 Å². The number of benzene rings is 1. The van der Waals surface area contributed by atoms with Crippen LogP contribution in [0.4, 0.5) is 5.69 Å². The van der Waals surface area contributed by atoms with Gasteiger partial charge in [-0.05, 0) is 55.9 Å². The van der Waals surface area contributed by atoms with Crippen LogP contribution in [0.15, 0.2) is 41.1 Å². The first-order chi connectivity index (χ1) is 12.2. The van der Waals surface area contributed by atoms with Gasteiger partial charge in [-0.1, -0.05) is 12.1 Å². The minimum absolute atomic E-state index is 0.0101. The molecule has 1 aromatic carbocycles. The molecule has 0 radical (unpaired) electrons. The van der Waals surface area contributed by atoms with E-state index in [9.17, 15) is 9.59 Å². The number of amides is 2. The van der Waals surface area contributed by atoms with E-state index < -0.39 is 0 Å². The maximum Gasteiger partial charge on any atom is 0.256 e. The molecule has 25 heavy (non-hydrogen) atoms. The van der Waals surface area contributed by atoms with Gasteiger partial charge in [-0.3, -0.25) is 9.59 Å². The Labute approximate surface area is 152 Å². The SMILES string of the molecule is CNCC1CCN(C(=O)c2ccccc2NC(=O)c2ccsc2)CC1. The highest BCUT2D eigenvalue weighted by Crippen LogP contribution is 2.23. The quantitative estimate of drug-likeness (QED) is 0.864. The number of nitrogens with zero attached hydrogens (tertiary/aromatic N) is 1. The standard InChI is InChI=1S/C19H23N3O2S/c1-20-12-14-6-9-22(10-7-14)19(24)16-4-2-3-5-17(16)21-18(23)15-8-11-25-13-15/h2-5,8,11,13-14,20H,6-7,9-10,12H2,1H3,(H,21,23). The average molecular weight is 357 g/mol. The molecule has 0 aliphatic carbocycles. The van der Waals surface area contributed by atoms with Crippen molar-refractivity contribution >= 4 is 28.8 Å². The first-order valence-corrected chi connectivity index (χ1v) is 9.49. The molecule has 1 aromatic heterocycles. The number of hydrogen-bond acceptors (Lipinski definition) is 4. The van der Waals surface area contributed by atoms with E-state index in [0.717, 1.165) is 32.5 Å². The van der Waals surface area contributed by atoms with E-state index in [4.69, 9.17) is 0 Å². The molecule has 1 saturated heterocycles. The number of hydrogen-bond donors (Lipinski definition) is 2. The molecule has 2 amide bonds. The molecule has 0 atom stereocenters. The Morgan fingerprint density at radius 2 is 1.96 bits per heavy atom. The number of piperidine rings is 1. The van der Waals surface area contributed by atoms with E-state index >= 15 is 0 Å². The molecule has 0 unspecified atom stereocenters. The fourth-order valence-electron chi connectivity index (χ4n) is 3.17. The second-order valence-corrected chi connectivity index (χ2v) is 7.09. The first-order valence-electron chi connectivity index (χ1n) is 8.55. The third kappa shape index (κ3) is 4.27. The van der Waals surface area contributed by atoms with Crippen LogP contribution in [0, 0.1) is 5.92 Å². The van der Waals surface area contributed by atoms with Crippen molar-refractivity contribution < 1.29 is 9.59 Å². The molecule has 3 rings (SSSR count). The third-order valence-corrected chi connectivity index (χ3v) is 5.27. The minimum Gasteiger partial charge on any atom is -0.339 e. The monoisotopic (exact) mass is 357 g/mol.